The van der Waals surface area contributed by atoms with Crippen LogP contribution < -0.4 is 20.0 Å². The molecule has 324 valence electrons. The molecule has 4 aliphatic heterocycles. The summed E-state index contributed by atoms with van der Waals surface area (Å²) >= 11 is 0. The Bertz CT molecular complexity index is 3190. The molecule has 66 heavy (non-hydrogen) atoms. The molecule has 5 aliphatic carbocycles. The third kappa shape index (κ3) is 6.51. The van der Waals surface area contributed by atoms with Gasteiger partial charge in [0, 0.05) is 52.9 Å². The van der Waals surface area contributed by atoms with Crippen LogP contribution in [-0.4, -0.2) is 25.0 Å². The van der Waals surface area contributed by atoms with Gasteiger partial charge in [0.2, 0.25) is 5.82 Å². The summed E-state index contributed by atoms with van der Waals surface area (Å²) < 4.78 is 0.545. The van der Waals surface area contributed by atoms with Gasteiger partial charge in [0.25, 0.3) is 0 Å². The molecule has 0 aromatic heterocycles. The maximum absolute atomic E-state index is 5.74. The average molecular weight is 858 g/mol. The monoisotopic (exact) mass is 857 g/mol. The predicted octanol–water partition coefficient (Wildman–Crippen LogP) is 13.0. The van der Waals surface area contributed by atoms with Gasteiger partial charge in [-0.05, 0) is 133 Å². The molecule has 0 amide bonds. The molecule has 0 radical (unpaired) electrons. The third-order valence-corrected chi connectivity index (χ3v) is 16.1. The molecule has 0 saturated carbocycles. The fourth-order valence-corrected chi connectivity index (χ4v) is 12.9. The molecular formula is C62H57N4+. The van der Waals surface area contributed by atoms with Gasteiger partial charge in [-0.15, -0.1) is 0 Å². The van der Waals surface area contributed by atoms with Crippen LogP contribution in [0.2, 0.25) is 0 Å². The van der Waals surface area contributed by atoms with Crippen LogP contribution in [-0.2, 0) is 6.42 Å². The lowest BCUT2D eigenvalue weighted by molar-refractivity contribution is 0.356. The van der Waals surface area contributed by atoms with E-state index in [9.17, 15) is 0 Å². The largest absolute Gasteiger partial charge is 0.342 e. The Morgan fingerprint density at radius 2 is 1.44 bits per heavy atom. The number of fused-ring (bicyclic) bond motifs is 7. The Kier molecular flexibility index (Phi) is 9.67. The highest BCUT2D eigenvalue weighted by Gasteiger charge is 2.49. The number of aliphatic imine (C=N–C) groups is 1. The highest BCUT2D eigenvalue weighted by atomic mass is 15.4. The predicted molar refractivity (Wildman–Crippen MR) is 275 cm³/mol. The number of hydrogen-bond donors (Lipinski definition) is 0. The molecule has 9 aliphatic rings. The van der Waals surface area contributed by atoms with E-state index in [-0.39, 0.29) is 12.2 Å². The zero-order valence-electron chi connectivity index (χ0n) is 37.9. The minimum atomic E-state index is -0.0863. The van der Waals surface area contributed by atoms with Crippen molar-refractivity contribution in [3.63, 3.8) is 0 Å². The molecule has 4 aromatic carbocycles. The summed E-state index contributed by atoms with van der Waals surface area (Å²) in [6.45, 7) is 0. The first-order chi connectivity index (χ1) is 32.6. The molecule has 0 fully saturated rings. The SMILES string of the molecule is C[N+]1(C2=CC(C3C=C(C4=CCCC=C4)C=CC3)C3CCC=CC3=N2)c2ccccc2-c2cc3c(cc21)N(C1CC(c2cccc(C4=CCCC=C4)c2)=c2ccccc2=N1)C1C=CC=CC1C3. The number of allylic oxidation sites excluding steroid dienone is 17. The summed E-state index contributed by atoms with van der Waals surface area (Å²) in [5.74, 6) is 2.66. The zero-order chi connectivity index (χ0) is 43.8. The fourth-order valence-electron chi connectivity index (χ4n) is 12.9. The summed E-state index contributed by atoms with van der Waals surface area (Å²) in [6.07, 6.45) is 47.7. The smallest absolute Gasteiger partial charge is 0.234 e. The molecule has 13 rings (SSSR count). The van der Waals surface area contributed by atoms with Crippen molar-refractivity contribution in [2.24, 2.45) is 33.7 Å². The van der Waals surface area contributed by atoms with Crippen LogP contribution in [0.3, 0.4) is 0 Å². The minimum absolute atomic E-state index is 0.0863. The van der Waals surface area contributed by atoms with Crippen LogP contribution in [0.25, 0.3) is 22.3 Å². The second kappa shape index (κ2) is 16.1. The Labute approximate surface area is 389 Å². The van der Waals surface area contributed by atoms with Gasteiger partial charge in [0.1, 0.15) is 6.17 Å². The van der Waals surface area contributed by atoms with Crippen molar-refractivity contribution in [1.82, 2.24) is 4.48 Å². The van der Waals surface area contributed by atoms with Crippen molar-refractivity contribution in [2.75, 3.05) is 11.9 Å². The van der Waals surface area contributed by atoms with Crippen LogP contribution in [0.4, 0.5) is 17.1 Å². The quantitative estimate of drug-likeness (QED) is 0.178. The van der Waals surface area contributed by atoms with Crippen LogP contribution >= 0.6 is 0 Å². The molecule has 4 heterocycles. The molecule has 4 heteroatoms. The zero-order valence-corrected chi connectivity index (χ0v) is 37.9. The molecule has 4 nitrogen and oxygen atoms in total. The van der Waals surface area contributed by atoms with Gasteiger partial charge in [-0.3, -0.25) is 4.99 Å². The van der Waals surface area contributed by atoms with Crippen molar-refractivity contribution in [3.05, 3.63) is 226 Å². The Morgan fingerprint density at radius 3 is 2.33 bits per heavy atom. The number of nitrogens with zero attached hydrogens (tertiary/aromatic N) is 4. The van der Waals surface area contributed by atoms with E-state index in [0.717, 1.165) is 69.0 Å². The van der Waals surface area contributed by atoms with Crippen molar-refractivity contribution >= 4 is 33.9 Å². The van der Waals surface area contributed by atoms with Crippen LogP contribution in [0.5, 0.6) is 0 Å². The van der Waals surface area contributed by atoms with Gasteiger partial charge in [-0.1, -0.05) is 134 Å². The first-order valence-electron chi connectivity index (χ1n) is 24.7. The minimum Gasteiger partial charge on any atom is -0.342 e. The number of para-hydroxylation sites is 2. The highest BCUT2D eigenvalue weighted by molar-refractivity contribution is 6.02. The summed E-state index contributed by atoms with van der Waals surface area (Å²) in [7, 11) is 2.42. The van der Waals surface area contributed by atoms with Crippen molar-refractivity contribution < 1.29 is 0 Å². The van der Waals surface area contributed by atoms with Crippen LogP contribution in [0.15, 0.2) is 209 Å². The molecule has 0 saturated heterocycles. The van der Waals surface area contributed by atoms with Gasteiger partial charge in [-0.2, -0.15) is 0 Å². The first kappa shape index (κ1) is 39.7. The van der Waals surface area contributed by atoms with Gasteiger partial charge in [0.15, 0.2) is 11.4 Å². The van der Waals surface area contributed by atoms with E-state index in [2.05, 4.69) is 194 Å². The highest BCUT2D eigenvalue weighted by Crippen LogP contribution is 2.58. The van der Waals surface area contributed by atoms with Crippen molar-refractivity contribution in [1.29, 1.82) is 0 Å². The number of anilines is 1. The van der Waals surface area contributed by atoms with E-state index in [4.69, 9.17) is 9.98 Å². The van der Waals surface area contributed by atoms with E-state index in [0.29, 0.717) is 28.2 Å². The average Bonchev–Trinajstić information content (AvgIpc) is 3.64. The van der Waals surface area contributed by atoms with E-state index in [1.54, 1.807) is 0 Å². The number of quaternary nitrogens is 1. The number of hydrogen-bond acceptors (Lipinski definition) is 3. The maximum Gasteiger partial charge on any atom is 0.234 e. The maximum atomic E-state index is 5.74. The van der Waals surface area contributed by atoms with Gasteiger partial charge >= 0.3 is 0 Å². The summed E-state index contributed by atoms with van der Waals surface area (Å²) in [5.41, 5.74) is 17.2. The molecule has 0 bridgehead atoms. The van der Waals surface area contributed by atoms with Crippen LogP contribution in [0.1, 0.15) is 68.1 Å². The van der Waals surface area contributed by atoms with Gasteiger partial charge < -0.3 is 4.90 Å². The van der Waals surface area contributed by atoms with Crippen LogP contribution in [0, 0.1) is 23.7 Å². The Morgan fingerprint density at radius 1 is 0.636 bits per heavy atom. The summed E-state index contributed by atoms with van der Waals surface area (Å²) in [5, 5.41) is 2.32. The lowest BCUT2D eigenvalue weighted by atomic mass is 9.70. The van der Waals surface area contributed by atoms with E-state index < -0.39 is 0 Å². The van der Waals surface area contributed by atoms with Gasteiger partial charge in [0.05, 0.1) is 29.7 Å². The van der Waals surface area contributed by atoms with E-state index in [1.165, 1.54) is 78.1 Å². The van der Waals surface area contributed by atoms with E-state index in [1.807, 2.05) is 0 Å². The lowest BCUT2D eigenvalue weighted by Gasteiger charge is -2.46. The normalized spacial score (nSPS) is 28.7. The summed E-state index contributed by atoms with van der Waals surface area (Å²) in [6, 6.07) is 32.6. The summed E-state index contributed by atoms with van der Waals surface area (Å²) in [4.78, 5) is 14.2. The third-order valence-electron chi connectivity index (χ3n) is 16.1. The van der Waals surface area contributed by atoms with Gasteiger partial charge in [-0.25, -0.2) is 9.48 Å². The molecule has 4 aromatic rings. The Balaban J connectivity index is 0.952. The topological polar surface area (TPSA) is 28.0 Å². The molecule has 7 unspecified atom stereocenters. The van der Waals surface area contributed by atoms with Crippen molar-refractivity contribution in [2.45, 2.75) is 70.0 Å². The number of rotatable bonds is 6. The first-order valence-corrected chi connectivity index (χ1v) is 24.7. The fraction of sp³-hybridized carbons (Fsp3) is 0.258. The molecule has 0 N–H and O–H groups in total. The van der Waals surface area contributed by atoms with E-state index >= 15 is 0 Å². The number of benzene rings is 4. The molecule has 7 atom stereocenters. The molecular weight excluding hydrogens is 801 g/mol. The van der Waals surface area contributed by atoms with Crippen molar-refractivity contribution in [3.8, 4) is 11.1 Å². The second-order valence-electron chi connectivity index (χ2n) is 19.9. The Hall–Kier alpha value is -6.62. The molecule has 0 spiro atoms. The second-order valence-corrected chi connectivity index (χ2v) is 19.9. The lowest BCUT2D eigenvalue weighted by Crippen LogP contribution is -2.52. The standard InChI is InChI=1S/C62H57N4/c1-66(62-39-53(50-28-10-13-31-56(50)64-62)46-26-17-24-44(35-46)42-20-6-3-7-21-42)59-33-15-11-29-51(59)54-37-48-36-47-22-8-14-32-57(47)65(58(48)40-60(54)66)61-38-52(49-27-9-12-30-55(49)63-61)45-25-16-23-43(34-45)41-18-4-2-5-19-41/h4,6,8-9,11-25,27,29-35,37,39-40,46-47,50,53,57,61H,2-3,5,7,10,26,28,36,38H2,1H3/q+1.